The molecule has 116 valence electrons. The molecule has 1 amide bonds. The predicted molar refractivity (Wildman–Crippen MR) is 75.7 cm³/mol. The molecule has 0 bridgehead atoms. The second-order valence-corrected chi connectivity index (χ2v) is 5.60. The van der Waals surface area contributed by atoms with Crippen molar-refractivity contribution in [3.63, 3.8) is 0 Å². The first-order valence-electron chi connectivity index (χ1n) is 7.02. The van der Waals surface area contributed by atoms with Crippen molar-refractivity contribution in [1.82, 2.24) is 0 Å². The summed E-state index contributed by atoms with van der Waals surface area (Å²) in [6, 6.07) is 4.95. The lowest BCUT2D eigenvalue weighted by Gasteiger charge is -2.32. The van der Waals surface area contributed by atoms with Crippen LogP contribution in [0.5, 0.6) is 0 Å². The molecule has 2 atom stereocenters. The van der Waals surface area contributed by atoms with Crippen LogP contribution in [0, 0.1) is 18.8 Å². The van der Waals surface area contributed by atoms with Gasteiger partial charge in [-0.1, -0.05) is 18.9 Å². The first kappa shape index (κ1) is 15.7. The third-order valence-electron chi connectivity index (χ3n) is 4.07. The van der Waals surface area contributed by atoms with Gasteiger partial charge in [0, 0.05) is 17.3 Å². The molecule has 0 saturated heterocycles. The number of aryl methyl sites for hydroxylation is 1. The van der Waals surface area contributed by atoms with Crippen LogP contribution in [0.25, 0.3) is 0 Å². The molecular weight excluding hydrogens is 281 g/mol. The summed E-state index contributed by atoms with van der Waals surface area (Å²) >= 11 is 0. The molecule has 2 unspecified atom stereocenters. The fraction of sp³-hybridized carbons (Fsp3) is 0.533. The first-order chi connectivity index (χ1) is 9.79. The molecule has 0 heterocycles. The Labute approximate surface area is 121 Å². The highest BCUT2D eigenvalue weighted by Crippen LogP contribution is 2.41. The second kappa shape index (κ2) is 5.95. The molecule has 1 aromatic carbocycles. The van der Waals surface area contributed by atoms with E-state index in [1.54, 1.807) is 18.2 Å². The lowest BCUT2D eigenvalue weighted by Crippen LogP contribution is -2.39. The van der Waals surface area contributed by atoms with Crippen molar-refractivity contribution in [2.24, 2.45) is 11.8 Å². The van der Waals surface area contributed by atoms with Gasteiger partial charge in [-0.25, -0.2) is 0 Å². The van der Waals surface area contributed by atoms with Crippen LogP contribution in [-0.2, 0) is 4.79 Å². The molecule has 1 saturated carbocycles. The number of nitrogen functional groups attached to an aromatic ring is 1. The quantitative estimate of drug-likeness (QED) is 0.814. The Morgan fingerprint density at radius 1 is 1.29 bits per heavy atom. The predicted octanol–water partition coefficient (Wildman–Crippen LogP) is 3.88. The van der Waals surface area contributed by atoms with Crippen molar-refractivity contribution in [2.45, 2.75) is 38.8 Å². The maximum absolute atomic E-state index is 13.0. The molecule has 0 aliphatic heterocycles. The standard InChI is InChI=1S/C15H19F3N2O/c1-9-6-7-10(8-13(9)19)20-14(21)11-4-2-3-5-12(11)15(16,17)18/h6-8,11-12H,2-5,19H2,1H3,(H,20,21). The van der Waals surface area contributed by atoms with Crippen molar-refractivity contribution in [3.05, 3.63) is 23.8 Å². The number of hydrogen-bond acceptors (Lipinski definition) is 2. The average molecular weight is 300 g/mol. The van der Waals surface area contributed by atoms with E-state index in [1.165, 1.54) is 0 Å². The molecule has 6 heteroatoms. The number of anilines is 2. The van der Waals surface area contributed by atoms with Crippen molar-refractivity contribution in [3.8, 4) is 0 Å². The maximum atomic E-state index is 13.0. The topological polar surface area (TPSA) is 55.1 Å². The maximum Gasteiger partial charge on any atom is 0.392 e. The van der Waals surface area contributed by atoms with E-state index in [0.717, 1.165) is 5.56 Å². The van der Waals surface area contributed by atoms with Crippen molar-refractivity contribution < 1.29 is 18.0 Å². The molecule has 2 rings (SSSR count). The van der Waals surface area contributed by atoms with Crippen LogP contribution in [0.1, 0.15) is 31.2 Å². The van der Waals surface area contributed by atoms with Gasteiger partial charge in [0.2, 0.25) is 5.91 Å². The molecule has 0 aromatic heterocycles. The summed E-state index contributed by atoms with van der Waals surface area (Å²) in [7, 11) is 0. The summed E-state index contributed by atoms with van der Waals surface area (Å²) in [4.78, 5) is 12.2. The highest BCUT2D eigenvalue weighted by molar-refractivity contribution is 5.93. The van der Waals surface area contributed by atoms with Crippen LogP contribution < -0.4 is 11.1 Å². The summed E-state index contributed by atoms with van der Waals surface area (Å²) in [5, 5.41) is 2.56. The van der Waals surface area contributed by atoms with Crippen LogP contribution in [0.15, 0.2) is 18.2 Å². The number of alkyl halides is 3. The van der Waals surface area contributed by atoms with Crippen LogP contribution in [0.4, 0.5) is 24.5 Å². The fourth-order valence-corrected chi connectivity index (χ4v) is 2.79. The van der Waals surface area contributed by atoms with Crippen molar-refractivity contribution >= 4 is 17.3 Å². The largest absolute Gasteiger partial charge is 0.398 e. The number of halogens is 3. The smallest absolute Gasteiger partial charge is 0.392 e. The van der Waals surface area contributed by atoms with Gasteiger partial charge < -0.3 is 11.1 Å². The summed E-state index contributed by atoms with van der Waals surface area (Å²) in [5.74, 6) is -3.13. The third-order valence-corrected chi connectivity index (χ3v) is 4.07. The second-order valence-electron chi connectivity index (χ2n) is 5.60. The van der Waals surface area contributed by atoms with E-state index in [1.807, 2.05) is 6.92 Å². The molecule has 3 nitrogen and oxygen atoms in total. The van der Waals surface area contributed by atoms with E-state index in [4.69, 9.17) is 5.73 Å². The van der Waals surface area contributed by atoms with Gasteiger partial charge in [0.05, 0.1) is 5.92 Å². The zero-order valence-corrected chi connectivity index (χ0v) is 11.8. The molecule has 1 aromatic rings. The minimum atomic E-state index is -4.32. The third kappa shape index (κ3) is 3.68. The highest BCUT2D eigenvalue weighted by Gasteiger charge is 2.48. The van der Waals surface area contributed by atoms with Crippen LogP contribution in [0.2, 0.25) is 0 Å². The van der Waals surface area contributed by atoms with E-state index < -0.39 is 23.9 Å². The van der Waals surface area contributed by atoms with Gasteiger partial charge in [0.25, 0.3) is 0 Å². The first-order valence-corrected chi connectivity index (χ1v) is 7.02. The average Bonchev–Trinajstić information content (AvgIpc) is 2.42. The number of carbonyl (C=O) groups is 1. The summed E-state index contributed by atoms with van der Waals surface area (Å²) in [6.07, 6.45) is -2.85. The van der Waals surface area contributed by atoms with Crippen molar-refractivity contribution in [1.29, 1.82) is 0 Å². The summed E-state index contributed by atoms with van der Waals surface area (Å²) in [5.41, 5.74) is 7.54. The van der Waals surface area contributed by atoms with Gasteiger partial charge in [-0.15, -0.1) is 0 Å². The molecule has 1 aliphatic carbocycles. The van der Waals surface area contributed by atoms with Crippen LogP contribution in [0.3, 0.4) is 0 Å². The Kier molecular flexibility index (Phi) is 4.44. The number of rotatable bonds is 2. The Bertz CT molecular complexity index is 528. The van der Waals surface area contributed by atoms with Gasteiger partial charge in [-0.05, 0) is 37.5 Å². The number of nitrogens with one attached hydrogen (secondary N) is 1. The monoisotopic (exact) mass is 300 g/mol. The molecule has 21 heavy (non-hydrogen) atoms. The van der Waals surface area contributed by atoms with Gasteiger partial charge in [0.1, 0.15) is 0 Å². The molecule has 0 spiro atoms. The van der Waals surface area contributed by atoms with Gasteiger partial charge in [-0.3, -0.25) is 4.79 Å². The highest BCUT2D eigenvalue weighted by atomic mass is 19.4. The van der Waals surface area contributed by atoms with E-state index in [0.29, 0.717) is 24.2 Å². The van der Waals surface area contributed by atoms with Gasteiger partial charge in [0.15, 0.2) is 0 Å². The number of hydrogen-bond donors (Lipinski definition) is 2. The summed E-state index contributed by atoms with van der Waals surface area (Å²) < 4.78 is 39.0. The number of amides is 1. The van der Waals surface area contributed by atoms with E-state index in [2.05, 4.69) is 5.32 Å². The fourth-order valence-electron chi connectivity index (χ4n) is 2.79. The van der Waals surface area contributed by atoms with Gasteiger partial charge >= 0.3 is 6.18 Å². The molecular formula is C15H19F3N2O. The van der Waals surface area contributed by atoms with E-state index in [9.17, 15) is 18.0 Å². The summed E-state index contributed by atoms with van der Waals surface area (Å²) in [6.45, 7) is 1.82. The minimum Gasteiger partial charge on any atom is -0.398 e. The Morgan fingerprint density at radius 3 is 2.57 bits per heavy atom. The van der Waals surface area contributed by atoms with Crippen LogP contribution in [-0.4, -0.2) is 12.1 Å². The molecule has 1 fully saturated rings. The SMILES string of the molecule is Cc1ccc(NC(=O)C2CCCCC2C(F)(F)F)cc1N. The van der Waals surface area contributed by atoms with Crippen molar-refractivity contribution in [2.75, 3.05) is 11.1 Å². The van der Waals surface area contributed by atoms with E-state index in [-0.39, 0.29) is 12.8 Å². The van der Waals surface area contributed by atoms with E-state index >= 15 is 0 Å². The van der Waals surface area contributed by atoms with Crippen LogP contribution >= 0.6 is 0 Å². The normalized spacial score (nSPS) is 22.9. The van der Waals surface area contributed by atoms with Gasteiger partial charge in [-0.2, -0.15) is 13.2 Å². The number of benzene rings is 1. The minimum absolute atomic E-state index is 0.0254. The lowest BCUT2D eigenvalue weighted by atomic mass is 9.78. The number of nitrogens with two attached hydrogens (primary N) is 1. The Morgan fingerprint density at radius 2 is 1.95 bits per heavy atom. The zero-order valence-electron chi connectivity index (χ0n) is 11.8. The molecule has 0 radical (unpaired) electrons. The lowest BCUT2D eigenvalue weighted by molar-refractivity contribution is -0.197. The zero-order chi connectivity index (χ0) is 15.6. The molecule has 1 aliphatic rings. The Hall–Kier alpha value is -1.72. The number of carbonyl (C=O) groups excluding carboxylic acids is 1. The Balaban J connectivity index is 2.12. The molecule has 3 N–H and O–H groups in total.